The van der Waals surface area contributed by atoms with Crippen LogP contribution < -0.4 is 24.4 Å². The van der Waals surface area contributed by atoms with E-state index in [0.29, 0.717) is 29.4 Å². The van der Waals surface area contributed by atoms with Crippen molar-refractivity contribution in [2.24, 2.45) is 5.92 Å². The first-order valence-corrected chi connectivity index (χ1v) is 9.96. The second-order valence-electron chi connectivity index (χ2n) is 7.22. The molecule has 0 atom stereocenters. The molecule has 1 aliphatic heterocycles. The molecule has 0 unspecified atom stereocenters. The van der Waals surface area contributed by atoms with Crippen LogP contribution in [0.3, 0.4) is 0 Å². The van der Waals surface area contributed by atoms with Crippen molar-refractivity contribution in [1.82, 2.24) is 5.32 Å². The Kier molecular flexibility index (Phi) is 7.17. The van der Waals surface area contributed by atoms with Gasteiger partial charge < -0.3 is 24.4 Å². The molecule has 0 radical (unpaired) electrons. The molecule has 1 heterocycles. The third-order valence-electron chi connectivity index (χ3n) is 5.45. The van der Waals surface area contributed by atoms with Crippen molar-refractivity contribution < 1.29 is 23.8 Å². The molecule has 2 aromatic carbocycles. The van der Waals surface area contributed by atoms with Gasteiger partial charge in [0.25, 0.3) is 0 Å². The van der Waals surface area contributed by atoms with Crippen LogP contribution in [0.15, 0.2) is 36.4 Å². The topological polar surface area (TPSA) is 77.1 Å². The van der Waals surface area contributed by atoms with Crippen LogP contribution in [-0.2, 0) is 11.3 Å². The van der Waals surface area contributed by atoms with Gasteiger partial charge in [0.15, 0.2) is 11.5 Å². The van der Waals surface area contributed by atoms with Crippen molar-refractivity contribution in [3.8, 4) is 17.2 Å². The number of rotatable bonds is 8. The Morgan fingerprint density at radius 3 is 2.13 bits per heavy atom. The van der Waals surface area contributed by atoms with Crippen molar-refractivity contribution in [1.29, 1.82) is 0 Å². The Balaban J connectivity index is 1.55. The maximum absolute atomic E-state index is 12.7. The molecule has 1 N–H and O–H groups in total. The van der Waals surface area contributed by atoms with Crippen LogP contribution in [0.5, 0.6) is 17.2 Å². The highest BCUT2D eigenvalue weighted by Crippen LogP contribution is 2.38. The molecule has 0 saturated carbocycles. The van der Waals surface area contributed by atoms with Crippen molar-refractivity contribution in [3.63, 3.8) is 0 Å². The monoisotopic (exact) mass is 412 g/mol. The van der Waals surface area contributed by atoms with Crippen molar-refractivity contribution in [2.75, 3.05) is 39.3 Å². The number of anilines is 1. The fraction of sp³-hybridized carbons (Fsp3) is 0.391. The van der Waals surface area contributed by atoms with E-state index >= 15 is 0 Å². The summed E-state index contributed by atoms with van der Waals surface area (Å²) in [5.74, 6) is 1.70. The van der Waals surface area contributed by atoms with Gasteiger partial charge in [-0.2, -0.15) is 0 Å². The van der Waals surface area contributed by atoms with Crippen LogP contribution in [0, 0.1) is 5.92 Å². The SMILES string of the molecule is COc1cc(CNC(=O)C2CCN(c3ccc(C=O)cc3)CC2)cc(OC)c1OC. The number of hydrogen-bond donors (Lipinski definition) is 1. The van der Waals surface area contributed by atoms with Crippen LogP contribution in [0.4, 0.5) is 5.69 Å². The highest BCUT2D eigenvalue weighted by atomic mass is 16.5. The third-order valence-corrected chi connectivity index (χ3v) is 5.45. The third kappa shape index (κ3) is 4.84. The van der Waals surface area contributed by atoms with E-state index in [2.05, 4.69) is 10.2 Å². The number of ether oxygens (including phenoxy) is 3. The Labute approximate surface area is 176 Å². The highest BCUT2D eigenvalue weighted by molar-refractivity contribution is 5.79. The van der Waals surface area contributed by atoms with Gasteiger partial charge in [0.2, 0.25) is 11.7 Å². The van der Waals surface area contributed by atoms with E-state index in [0.717, 1.165) is 43.5 Å². The summed E-state index contributed by atoms with van der Waals surface area (Å²) in [5.41, 5.74) is 2.63. The van der Waals surface area contributed by atoms with Gasteiger partial charge in [-0.1, -0.05) is 0 Å². The van der Waals surface area contributed by atoms with E-state index in [-0.39, 0.29) is 11.8 Å². The predicted octanol–water partition coefficient (Wildman–Crippen LogP) is 3.06. The lowest BCUT2D eigenvalue weighted by Gasteiger charge is -2.33. The first-order chi connectivity index (χ1) is 14.6. The van der Waals surface area contributed by atoms with Gasteiger partial charge in [-0.3, -0.25) is 9.59 Å². The van der Waals surface area contributed by atoms with Crippen LogP contribution in [-0.4, -0.2) is 46.6 Å². The van der Waals surface area contributed by atoms with Crippen LogP contribution in [0.25, 0.3) is 0 Å². The number of carbonyl (C=O) groups is 2. The van der Waals surface area contributed by atoms with E-state index in [4.69, 9.17) is 14.2 Å². The van der Waals surface area contributed by atoms with Crippen LogP contribution in [0.2, 0.25) is 0 Å². The second kappa shape index (κ2) is 10.0. The van der Waals surface area contributed by atoms with Gasteiger partial charge in [-0.25, -0.2) is 0 Å². The first kappa shape index (κ1) is 21.5. The van der Waals surface area contributed by atoms with Gasteiger partial charge in [0.1, 0.15) is 6.29 Å². The van der Waals surface area contributed by atoms with E-state index in [1.54, 1.807) is 21.3 Å². The number of benzene rings is 2. The average Bonchev–Trinajstić information content (AvgIpc) is 2.81. The molecule has 7 nitrogen and oxygen atoms in total. The van der Waals surface area contributed by atoms with Crippen LogP contribution >= 0.6 is 0 Å². The quantitative estimate of drug-likeness (QED) is 0.672. The first-order valence-electron chi connectivity index (χ1n) is 9.96. The van der Waals surface area contributed by atoms with Gasteiger partial charge in [0.05, 0.1) is 21.3 Å². The summed E-state index contributed by atoms with van der Waals surface area (Å²) in [4.78, 5) is 25.7. The van der Waals surface area contributed by atoms with Crippen molar-refractivity contribution >= 4 is 17.9 Å². The summed E-state index contributed by atoms with van der Waals surface area (Å²) in [6, 6.07) is 11.2. The van der Waals surface area contributed by atoms with Crippen molar-refractivity contribution in [3.05, 3.63) is 47.5 Å². The molecule has 0 aromatic heterocycles. The summed E-state index contributed by atoms with van der Waals surface area (Å²) >= 11 is 0. The zero-order valence-electron chi connectivity index (χ0n) is 17.6. The van der Waals surface area contributed by atoms with Crippen LogP contribution in [0.1, 0.15) is 28.8 Å². The molecule has 30 heavy (non-hydrogen) atoms. The summed E-state index contributed by atoms with van der Waals surface area (Å²) in [6.45, 7) is 2.01. The maximum Gasteiger partial charge on any atom is 0.223 e. The number of carbonyl (C=O) groups excluding carboxylic acids is 2. The molecule has 1 saturated heterocycles. The molecule has 160 valence electrons. The molecule has 2 aromatic rings. The number of piperidine rings is 1. The number of hydrogen-bond acceptors (Lipinski definition) is 6. The molecule has 7 heteroatoms. The molecule has 1 amide bonds. The minimum atomic E-state index is -0.0162. The van der Waals surface area contributed by atoms with E-state index < -0.39 is 0 Å². The lowest BCUT2D eigenvalue weighted by atomic mass is 9.95. The summed E-state index contributed by atoms with van der Waals surface area (Å²) < 4.78 is 16.1. The summed E-state index contributed by atoms with van der Waals surface area (Å²) in [5, 5.41) is 3.03. The Morgan fingerprint density at radius 1 is 1.03 bits per heavy atom. The summed E-state index contributed by atoms with van der Waals surface area (Å²) in [7, 11) is 4.70. The molecular weight excluding hydrogens is 384 g/mol. The summed E-state index contributed by atoms with van der Waals surface area (Å²) in [6.07, 6.45) is 2.42. The second-order valence-corrected chi connectivity index (χ2v) is 7.22. The highest BCUT2D eigenvalue weighted by Gasteiger charge is 2.25. The Hall–Kier alpha value is -3.22. The normalized spacial score (nSPS) is 14.2. The van der Waals surface area contributed by atoms with E-state index in [1.807, 2.05) is 36.4 Å². The predicted molar refractivity (Wildman–Crippen MR) is 115 cm³/mol. The lowest BCUT2D eigenvalue weighted by molar-refractivity contribution is -0.125. The van der Waals surface area contributed by atoms with Gasteiger partial charge >= 0.3 is 0 Å². The zero-order valence-corrected chi connectivity index (χ0v) is 17.6. The van der Waals surface area contributed by atoms with Gasteiger partial charge in [-0.15, -0.1) is 0 Å². The molecule has 1 fully saturated rings. The fourth-order valence-electron chi connectivity index (χ4n) is 3.73. The van der Waals surface area contributed by atoms with Gasteiger partial charge in [-0.05, 0) is 54.8 Å². The smallest absolute Gasteiger partial charge is 0.223 e. The Bertz CT molecular complexity index is 849. The minimum Gasteiger partial charge on any atom is -0.493 e. The number of aldehydes is 1. The number of amides is 1. The fourth-order valence-corrected chi connectivity index (χ4v) is 3.73. The zero-order chi connectivity index (χ0) is 21.5. The molecule has 0 bridgehead atoms. The van der Waals surface area contributed by atoms with E-state index in [9.17, 15) is 9.59 Å². The lowest BCUT2D eigenvalue weighted by Crippen LogP contribution is -2.40. The molecule has 0 aliphatic carbocycles. The minimum absolute atomic E-state index is 0.0162. The number of nitrogens with zero attached hydrogens (tertiary/aromatic N) is 1. The number of nitrogens with one attached hydrogen (secondary N) is 1. The number of methoxy groups -OCH3 is 3. The van der Waals surface area contributed by atoms with Gasteiger partial charge in [0, 0.05) is 36.8 Å². The van der Waals surface area contributed by atoms with E-state index in [1.165, 1.54) is 0 Å². The molecule has 3 rings (SSSR count). The molecule has 0 spiro atoms. The largest absolute Gasteiger partial charge is 0.493 e. The maximum atomic E-state index is 12.7. The standard InChI is InChI=1S/C23H28N2O5/c1-28-20-12-17(13-21(29-2)22(20)30-3)14-24-23(27)18-8-10-25(11-9-18)19-6-4-16(15-26)5-7-19/h4-7,12-13,15,18H,8-11,14H2,1-3H3,(H,24,27). The Morgan fingerprint density at radius 2 is 1.63 bits per heavy atom. The molecule has 1 aliphatic rings. The van der Waals surface area contributed by atoms with Crippen molar-refractivity contribution in [2.45, 2.75) is 19.4 Å². The average molecular weight is 412 g/mol. The molecular formula is C23H28N2O5.